The fourth-order valence-corrected chi connectivity index (χ4v) is 1.90. The number of aliphatic hydroxyl groups excluding tert-OH is 1. The van der Waals surface area contributed by atoms with Gasteiger partial charge in [-0.3, -0.25) is 0 Å². The first-order valence-corrected chi connectivity index (χ1v) is 6.22. The number of ether oxygens (including phenoxy) is 1. The lowest BCUT2D eigenvalue weighted by molar-refractivity contribution is 0.180. The molecule has 0 spiro atoms. The Kier molecular flexibility index (Phi) is 6.85. The van der Waals surface area contributed by atoms with Crippen molar-refractivity contribution in [2.75, 3.05) is 26.9 Å². The highest BCUT2D eigenvalue weighted by molar-refractivity contribution is 6.42. The number of hydrogen-bond donors (Lipinski definition) is 2. The molecular formula is C12H17Cl2NO2. The van der Waals surface area contributed by atoms with E-state index in [1.165, 1.54) is 0 Å². The highest BCUT2D eigenvalue weighted by Gasteiger charge is 2.11. The lowest BCUT2D eigenvalue weighted by atomic mass is 10.0. The molecule has 1 aromatic carbocycles. The summed E-state index contributed by atoms with van der Waals surface area (Å²) in [5, 5.41) is 13.2. The summed E-state index contributed by atoms with van der Waals surface area (Å²) in [4.78, 5) is 0. The van der Waals surface area contributed by atoms with E-state index in [-0.39, 0.29) is 12.6 Å². The Balaban J connectivity index is 2.75. The average Bonchev–Trinajstić information content (AvgIpc) is 2.33. The molecule has 0 saturated heterocycles. The second kappa shape index (κ2) is 7.90. The van der Waals surface area contributed by atoms with Crippen LogP contribution in [0, 0.1) is 0 Å². The van der Waals surface area contributed by atoms with E-state index in [1.807, 2.05) is 12.1 Å². The topological polar surface area (TPSA) is 41.5 Å². The first kappa shape index (κ1) is 14.7. The Labute approximate surface area is 112 Å². The zero-order valence-corrected chi connectivity index (χ0v) is 11.3. The molecule has 0 radical (unpaired) electrons. The Morgan fingerprint density at radius 2 is 2.12 bits per heavy atom. The summed E-state index contributed by atoms with van der Waals surface area (Å²) in [6, 6.07) is 5.66. The van der Waals surface area contributed by atoms with E-state index in [1.54, 1.807) is 13.2 Å². The maximum Gasteiger partial charge on any atom is 0.0595 e. The van der Waals surface area contributed by atoms with Crippen LogP contribution in [0.5, 0.6) is 0 Å². The van der Waals surface area contributed by atoms with E-state index in [0.717, 1.165) is 12.0 Å². The van der Waals surface area contributed by atoms with Crippen molar-refractivity contribution in [3.8, 4) is 0 Å². The van der Waals surface area contributed by atoms with Crippen LogP contribution in [-0.2, 0) is 4.74 Å². The zero-order chi connectivity index (χ0) is 12.7. The minimum absolute atomic E-state index is 0.102. The Hall–Kier alpha value is -0.320. The molecule has 1 unspecified atom stereocenters. The summed E-state index contributed by atoms with van der Waals surface area (Å²) in [6.07, 6.45) is 0.814. The van der Waals surface area contributed by atoms with Crippen molar-refractivity contribution in [2.45, 2.75) is 12.5 Å². The quantitative estimate of drug-likeness (QED) is 0.805. The molecule has 0 heterocycles. The third kappa shape index (κ3) is 4.82. The summed E-state index contributed by atoms with van der Waals surface area (Å²) in [7, 11) is 1.66. The number of halogens is 2. The van der Waals surface area contributed by atoms with E-state index in [9.17, 15) is 0 Å². The maximum atomic E-state index is 8.85. The van der Waals surface area contributed by atoms with Crippen molar-refractivity contribution >= 4 is 23.2 Å². The molecule has 3 nitrogen and oxygen atoms in total. The van der Waals surface area contributed by atoms with Crippen LogP contribution in [0.2, 0.25) is 10.0 Å². The molecule has 1 rings (SSSR count). The Morgan fingerprint density at radius 1 is 1.35 bits per heavy atom. The number of rotatable bonds is 7. The summed E-state index contributed by atoms with van der Waals surface area (Å²) in [5.41, 5.74) is 1.05. The highest BCUT2D eigenvalue weighted by atomic mass is 35.5. The van der Waals surface area contributed by atoms with Gasteiger partial charge in [0.05, 0.1) is 16.7 Å². The number of aliphatic hydroxyl groups is 1. The molecule has 0 fully saturated rings. The summed E-state index contributed by atoms with van der Waals surface area (Å²) >= 11 is 11.9. The largest absolute Gasteiger partial charge is 0.395 e. The van der Waals surface area contributed by atoms with Crippen LogP contribution in [0.25, 0.3) is 0 Å². The molecule has 0 bridgehead atoms. The van der Waals surface area contributed by atoms with Crippen LogP contribution >= 0.6 is 23.2 Å². The van der Waals surface area contributed by atoms with E-state index >= 15 is 0 Å². The second-order valence-electron chi connectivity index (χ2n) is 3.69. The third-order valence-electron chi connectivity index (χ3n) is 2.46. The molecule has 1 atom stereocenters. The molecule has 0 aliphatic heterocycles. The van der Waals surface area contributed by atoms with Gasteiger partial charge in [0.25, 0.3) is 0 Å². The van der Waals surface area contributed by atoms with Crippen molar-refractivity contribution in [1.82, 2.24) is 5.32 Å². The summed E-state index contributed by atoms with van der Waals surface area (Å²) in [6.45, 7) is 1.28. The van der Waals surface area contributed by atoms with Crippen LogP contribution in [0.1, 0.15) is 18.0 Å². The van der Waals surface area contributed by atoms with Crippen molar-refractivity contribution in [2.24, 2.45) is 0 Å². The number of hydrogen-bond acceptors (Lipinski definition) is 3. The van der Waals surface area contributed by atoms with Gasteiger partial charge in [-0.15, -0.1) is 0 Å². The van der Waals surface area contributed by atoms with E-state index < -0.39 is 0 Å². The van der Waals surface area contributed by atoms with Gasteiger partial charge >= 0.3 is 0 Å². The van der Waals surface area contributed by atoms with Gasteiger partial charge in [0.1, 0.15) is 0 Å². The Morgan fingerprint density at radius 3 is 2.71 bits per heavy atom. The average molecular weight is 278 g/mol. The van der Waals surface area contributed by atoms with Gasteiger partial charge < -0.3 is 15.2 Å². The first-order valence-electron chi connectivity index (χ1n) is 5.47. The van der Waals surface area contributed by atoms with Gasteiger partial charge in [0, 0.05) is 26.3 Å². The van der Waals surface area contributed by atoms with Crippen molar-refractivity contribution in [3.05, 3.63) is 33.8 Å². The van der Waals surface area contributed by atoms with Crippen LogP contribution < -0.4 is 5.32 Å². The summed E-state index contributed by atoms with van der Waals surface area (Å²) in [5.74, 6) is 0. The van der Waals surface area contributed by atoms with Gasteiger partial charge in [-0.25, -0.2) is 0 Å². The smallest absolute Gasteiger partial charge is 0.0595 e. The van der Waals surface area contributed by atoms with E-state index in [2.05, 4.69) is 5.32 Å². The van der Waals surface area contributed by atoms with Gasteiger partial charge in [0.15, 0.2) is 0 Å². The molecular weight excluding hydrogens is 261 g/mol. The minimum atomic E-state index is 0.102. The molecule has 0 saturated carbocycles. The predicted molar refractivity (Wildman–Crippen MR) is 70.8 cm³/mol. The van der Waals surface area contributed by atoms with Gasteiger partial charge in [-0.1, -0.05) is 29.3 Å². The van der Waals surface area contributed by atoms with Crippen LogP contribution in [0.15, 0.2) is 18.2 Å². The maximum absolute atomic E-state index is 8.85. The minimum Gasteiger partial charge on any atom is -0.395 e. The fraction of sp³-hybridized carbons (Fsp3) is 0.500. The predicted octanol–water partition coefficient (Wildman–Crippen LogP) is 2.65. The molecule has 5 heteroatoms. The normalized spacial score (nSPS) is 12.7. The standard InChI is InChI=1S/C12H17Cl2NO2/c1-17-7-4-12(15-5-6-16)9-2-3-10(13)11(14)8-9/h2-3,8,12,15-16H,4-7H2,1H3. The number of methoxy groups -OCH3 is 1. The number of benzene rings is 1. The summed E-state index contributed by atoms with van der Waals surface area (Å²) < 4.78 is 5.07. The van der Waals surface area contributed by atoms with Gasteiger partial charge in [0.2, 0.25) is 0 Å². The molecule has 2 N–H and O–H groups in total. The van der Waals surface area contributed by atoms with E-state index in [0.29, 0.717) is 23.2 Å². The second-order valence-corrected chi connectivity index (χ2v) is 4.50. The lowest BCUT2D eigenvalue weighted by Gasteiger charge is -2.19. The zero-order valence-electron chi connectivity index (χ0n) is 9.75. The third-order valence-corrected chi connectivity index (χ3v) is 3.20. The molecule has 0 aliphatic carbocycles. The van der Waals surface area contributed by atoms with Crippen molar-refractivity contribution in [3.63, 3.8) is 0 Å². The van der Waals surface area contributed by atoms with Crippen LogP contribution in [-0.4, -0.2) is 32.0 Å². The molecule has 17 heavy (non-hydrogen) atoms. The monoisotopic (exact) mass is 277 g/mol. The molecule has 96 valence electrons. The van der Waals surface area contributed by atoms with Gasteiger partial charge in [-0.05, 0) is 24.1 Å². The highest BCUT2D eigenvalue weighted by Crippen LogP contribution is 2.26. The SMILES string of the molecule is COCCC(NCCO)c1ccc(Cl)c(Cl)c1. The van der Waals surface area contributed by atoms with Crippen molar-refractivity contribution < 1.29 is 9.84 Å². The van der Waals surface area contributed by atoms with E-state index in [4.69, 9.17) is 33.0 Å². The van der Waals surface area contributed by atoms with Gasteiger partial charge in [-0.2, -0.15) is 0 Å². The first-order chi connectivity index (χ1) is 8.19. The van der Waals surface area contributed by atoms with Crippen LogP contribution in [0.4, 0.5) is 0 Å². The lowest BCUT2D eigenvalue weighted by Crippen LogP contribution is -2.25. The van der Waals surface area contributed by atoms with Crippen molar-refractivity contribution in [1.29, 1.82) is 0 Å². The van der Waals surface area contributed by atoms with Crippen LogP contribution in [0.3, 0.4) is 0 Å². The molecule has 0 amide bonds. The molecule has 0 aromatic heterocycles. The fourth-order valence-electron chi connectivity index (χ4n) is 1.59. The molecule has 0 aliphatic rings. The Bertz CT molecular complexity index is 339. The number of nitrogens with one attached hydrogen (secondary N) is 1. The molecule has 1 aromatic rings.